The van der Waals surface area contributed by atoms with Crippen LogP contribution in [0, 0.1) is 0 Å². The Labute approximate surface area is 110 Å². The van der Waals surface area contributed by atoms with Crippen molar-refractivity contribution in [3.8, 4) is 0 Å². The van der Waals surface area contributed by atoms with Gasteiger partial charge in [0.2, 0.25) is 0 Å². The van der Waals surface area contributed by atoms with E-state index in [1.165, 1.54) is 0 Å². The lowest BCUT2D eigenvalue weighted by Gasteiger charge is -2.34. The lowest BCUT2D eigenvalue weighted by molar-refractivity contribution is 0.0188. The first-order valence-electron chi connectivity index (χ1n) is 6.74. The molecule has 18 heavy (non-hydrogen) atoms. The van der Waals surface area contributed by atoms with E-state index in [4.69, 9.17) is 4.74 Å². The lowest BCUT2D eigenvalue weighted by atomic mass is 10.1. The predicted octanol–water partition coefficient (Wildman–Crippen LogP) is -0.128. The third kappa shape index (κ3) is 3.66. The summed E-state index contributed by atoms with van der Waals surface area (Å²) in [5, 5.41) is 3.14. The van der Waals surface area contributed by atoms with E-state index in [2.05, 4.69) is 10.2 Å². The van der Waals surface area contributed by atoms with Crippen LogP contribution >= 0.6 is 0 Å². The second-order valence-electron chi connectivity index (χ2n) is 5.47. The molecule has 0 aromatic carbocycles. The van der Waals surface area contributed by atoms with Crippen LogP contribution in [0.1, 0.15) is 19.8 Å². The highest BCUT2D eigenvalue weighted by Gasteiger charge is 2.32. The van der Waals surface area contributed by atoms with E-state index >= 15 is 0 Å². The monoisotopic (exact) mass is 276 g/mol. The number of likely N-dealkylation sites (N-methyl/N-ethyl adjacent to an activating group) is 1. The molecule has 2 aliphatic heterocycles. The van der Waals surface area contributed by atoms with Crippen molar-refractivity contribution in [2.45, 2.75) is 38.0 Å². The molecule has 0 radical (unpaired) electrons. The van der Waals surface area contributed by atoms with Crippen LogP contribution in [0.2, 0.25) is 0 Å². The molecule has 2 fully saturated rings. The minimum atomic E-state index is -2.81. The first-order valence-corrected chi connectivity index (χ1v) is 8.57. The molecule has 106 valence electrons. The van der Waals surface area contributed by atoms with Crippen molar-refractivity contribution in [2.24, 2.45) is 0 Å². The summed E-state index contributed by atoms with van der Waals surface area (Å²) >= 11 is 0. The molecule has 2 aliphatic rings. The quantitative estimate of drug-likeness (QED) is 0.775. The summed E-state index contributed by atoms with van der Waals surface area (Å²) in [6.07, 6.45) is 2.78. The molecule has 0 bridgehead atoms. The zero-order valence-corrected chi connectivity index (χ0v) is 12.1. The van der Waals surface area contributed by atoms with Crippen molar-refractivity contribution in [1.29, 1.82) is 0 Å². The first kappa shape index (κ1) is 14.2. The third-order valence-corrected chi connectivity index (χ3v) is 5.67. The molecule has 1 N–H and O–H groups in total. The Kier molecular flexibility index (Phi) is 4.64. The summed E-state index contributed by atoms with van der Waals surface area (Å²) in [5.74, 6) is 0.587. The number of sulfone groups is 1. The van der Waals surface area contributed by atoms with Gasteiger partial charge in [0.15, 0.2) is 9.84 Å². The van der Waals surface area contributed by atoms with Gasteiger partial charge in [0.05, 0.1) is 23.7 Å². The number of hydrogen-bond donors (Lipinski definition) is 1. The fourth-order valence-corrected chi connectivity index (χ4v) is 4.48. The Balaban J connectivity index is 1.81. The highest BCUT2D eigenvalue weighted by Crippen LogP contribution is 2.22. The summed E-state index contributed by atoms with van der Waals surface area (Å²) in [4.78, 5) is 2.26. The largest absolute Gasteiger partial charge is 0.372 e. The van der Waals surface area contributed by atoms with Gasteiger partial charge in [-0.25, -0.2) is 8.42 Å². The fraction of sp³-hybridized carbons (Fsp3) is 1.00. The van der Waals surface area contributed by atoms with E-state index in [1.807, 2.05) is 14.0 Å². The second kappa shape index (κ2) is 5.86. The molecule has 2 heterocycles. The molecule has 2 rings (SSSR count). The zero-order chi connectivity index (χ0) is 13.2. The van der Waals surface area contributed by atoms with Crippen LogP contribution in [0.25, 0.3) is 0 Å². The van der Waals surface area contributed by atoms with E-state index < -0.39 is 9.84 Å². The van der Waals surface area contributed by atoms with Gasteiger partial charge in [-0.3, -0.25) is 4.90 Å². The van der Waals surface area contributed by atoms with E-state index in [1.54, 1.807) is 0 Å². The summed E-state index contributed by atoms with van der Waals surface area (Å²) < 4.78 is 29.0. The van der Waals surface area contributed by atoms with Crippen LogP contribution in [0.4, 0.5) is 0 Å². The molecule has 2 saturated heterocycles. The maximum atomic E-state index is 11.5. The number of rotatable bonds is 4. The van der Waals surface area contributed by atoms with Crippen LogP contribution in [-0.2, 0) is 14.6 Å². The van der Waals surface area contributed by atoms with E-state index in [0.717, 1.165) is 25.9 Å². The minimum absolute atomic E-state index is 0.121. The topological polar surface area (TPSA) is 58.6 Å². The van der Waals surface area contributed by atoms with Gasteiger partial charge < -0.3 is 10.1 Å². The minimum Gasteiger partial charge on any atom is -0.372 e. The molecule has 0 aromatic rings. The van der Waals surface area contributed by atoms with Crippen molar-refractivity contribution in [1.82, 2.24) is 10.2 Å². The Morgan fingerprint density at radius 3 is 2.72 bits per heavy atom. The Hall–Kier alpha value is -0.170. The fourth-order valence-electron chi connectivity index (χ4n) is 2.86. The number of nitrogens with zero attached hydrogens (tertiary/aromatic N) is 1. The van der Waals surface area contributed by atoms with E-state index in [-0.39, 0.29) is 12.1 Å². The highest BCUT2D eigenvalue weighted by molar-refractivity contribution is 7.91. The summed E-state index contributed by atoms with van der Waals surface area (Å²) in [6, 6.07) is 0.121. The molecular weight excluding hydrogens is 252 g/mol. The van der Waals surface area contributed by atoms with Gasteiger partial charge in [0.1, 0.15) is 0 Å². The molecular formula is C12H24N2O3S. The van der Waals surface area contributed by atoms with E-state index in [0.29, 0.717) is 24.2 Å². The normalized spacial score (nSPS) is 36.9. The van der Waals surface area contributed by atoms with Crippen LogP contribution in [0.5, 0.6) is 0 Å². The molecule has 5 nitrogen and oxygen atoms in total. The summed E-state index contributed by atoms with van der Waals surface area (Å²) in [6.45, 7) is 4.42. The molecule has 0 saturated carbocycles. The third-order valence-electron chi connectivity index (χ3n) is 3.87. The summed E-state index contributed by atoms with van der Waals surface area (Å²) in [5.41, 5.74) is 0. The average molecular weight is 276 g/mol. The van der Waals surface area contributed by atoms with Gasteiger partial charge in [0.25, 0.3) is 0 Å². The first-order chi connectivity index (χ1) is 8.50. The molecule has 3 atom stereocenters. The smallest absolute Gasteiger partial charge is 0.153 e. The van der Waals surface area contributed by atoms with Gasteiger partial charge in [-0.05, 0) is 26.8 Å². The maximum absolute atomic E-state index is 11.5. The van der Waals surface area contributed by atoms with Crippen molar-refractivity contribution in [3.63, 3.8) is 0 Å². The number of hydrogen-bond acceptors (Lipinski definition) is 5. The van der Waals surface area contributed by atoms with Crippen molar-refractivity contribution < 1.29 is 13.2 Å². The van der Waals surface area contributed by atoms with Gasteiger partial charge in [0, 0.05) is 25.7 Å². The molecule has 0 spiro atoms. The van der Waals surface area contributed by atoms with Gasteiger partial charge in [-0.2, -0.15) is 0 Å². The van der Waals surface area contributed by atoms with Gasteiger partial charge in [-0.1, -0.05) is 0 Å². The van der Waals surface area contributed by atoms with Crippen molar-refractivity contribution in [3.05, 3.63) is 0 Å². The van der Waals surface area contributed by atoms with Crippen LogP contribution in [0.3, 0.4) is 0 Å². The molecule has 0 aliphatic carbocycles. The maximum Gasteiger partial charge on any atom is 0.153 e. The molecule has 3 unspecified atom stereocenters. The summed E-state index contributed by atoms with van der Waals surface area (Å²) in [7, 11) is -0.872. The standard InChI is InChI=1S/C12H24N2O3S/c1-10-9-18(15,16)6-5-14(10)8-12-4-3-11(17-12)7-13-2/h10-13H,3-9H2,1-2H3. The molecule has 6 heteroatoms. The Bertz CT molecular complexity index is 372. The zero-order valence-electron chi connectivity index (χ0n) is 11.3. The number of ether oxygens (including phenoxy) is 1. The van der Waals surface area contributed by atoms with Gasteiger partial charge in [-0.15, -0.1) is 0 Å². The Morgan fingerprint density at radius 2 is 2.06 bits per heavy atom. The molecule has 0 amide bonds. The second-order valence-corrected chi connectivity index (χ2v) is 7.70. The highest BCUT2D eigenvalue weighted by atomic mass is 32.2. The van der Waals surface area contributed by atoms with Crippen LogP contribution < -0.4 is 5.32 Å². The lowest BCUT2D eigenvalue weighted by Crippen LogP contribution is -2.49. The SMILES string of the molecule is CNCC1CCC(CN2CCS(=O)(=O)CC2C)O1. The average Bonchev–Trinajstić information content (AvgIpc) is 2.70. The van der Waals surface area contributed by atoms with E-state index in [9.17, 15) is 8.42 Å². The van der Waals surface area contributed by atoms with Crippen molar-refractivity contribution in [2.75, 3.05) is 38.2 Å². The number of nitrogens with one attached hydrogen (secondary N) is 1. The Morgan fingerprint density at radius 1 is 1.33 bits per heavy atom. The molecule has 0 aromatic heterocycles. The van der Waals surface area contributed by atoms with Crippen molar-refractivity contribution >= 4 is 9.84 Å². The predicted molar refractivity (Wildman–Crippen MR) is 71.5 cm³/mol. The van der Waals surface area contributed by atoms with Crippen LogP contribution in [-0.4, -0.2) is 69.8 Å². The van der Waals surface area contributed by atoms with Crippen LogP contribution in [0.15, 0.2) is 0 Å². The van der Waals surface area contributed by atoms with Gasteiger partial charge >= 0.3 is 0 Å².